The van der Waals surface area contributed by atoms with E-state index in [1.54, 1.807) is 16.4 Å². The molecule has 0 bridgehead atoms. The van der Waals surface area contributed by atoms with Crippen LogP contribution in [0.1, 0.15) is 26.3 Å². The molecule has 2 aromatic carbocycles. The maximum atomic E-state index is 13.5. The van der Waals surface area contributed by atoms with Gasteiger partial charge in [0.1, 0.15) is 28.7 Å². The van der Waals surface area contributed by atoms with Gasteiger partial charge in [-0.05, 0) is 75.6 Å². The second kappa shape index (κ2) is 9.66. The minimum atomic E-state index is -1.58. The Bertz CT molecular complexity index is 939. The van der Waals surface area contributed by atoms with Gasteiger partial charge < -0.3 is 5.32 Å². The third-order valence-corrected chi connectivity index (χ3v) is 7.60. The fraction of sp³-hybridized carbons (Fsp3) is 0.409. The molecule has 0 spiro atoms. The molecule has 0 aromatic heterocycles. The summed E-state index contributed by atoms with van der Waals surface area (Å²) in [6.07, 6.45) is 0. The van der Waals surface area contributed by atoms with Crippen LogP contribution in [-0.4, -0.2) is 27.0 Å². The lowest BCUT2D eigenvalue weighted by Crippen LogP contribution is -2.47. The molecule has 1 N–H and O–H groups in total. The third-order valence-electron chi connectivity index (χ3n) is 5.52. The van der Waals surface area contributed by atoms with Crippen molar-refractivity contribution >= 4 is 32.8 Å². The summed E-state index contributed by atoms with van der Waals surface area (Å²) < 4.78 is 42.0. The molecule has 4 atom stereocenters. The summed E-state index contributed by atoms with van der Waals surface area (Å²) in [5.74, 6) is -0.569. The molecule has 2 aromatic rings. The van der Waals surface area contributed by atoms with E-state index in [2.05, 4.69) is 42.0 Å². The lowest BCUT2D eigenvalue weighted by molar-refractivity contribution is -0.125. The summed E-state index contributed by atoms with van der Waals surface area (Å²) >= 11 is 3.15. The van der Waals surface area contributed by atoms with E-state index in [9.17, 15) is 17.8 Å². The van der Waals surface area contributed by atoms with Crippen LogP contribution in [0, 0.1) is 29.4 Å². The van der Waals surface area contributed by atoms with Gasteiger partial charge in [-0.15, -0.1) is 0 Å². The average Bonchev–Trinajstić information content (AvgIpc) is 3.06. The van der Waals surface area contributed by atoms with Gasteiger partial charge in [0.15, 0.2) is 0 Å². The molecular weight excluding hydrogens is 474 g/mol. The highest BCUT2D eigenvalue weighted by Crippen LogP contribution is 2.37. The molecule has 4 nitrogen and oxygen atoms in total. The van der Waals surface area contributed by atoms with Crippen LogP contribution in [0.25, 0.3) is 0 Å². The fourth-order valence-electron chi connectivity index (χ4n) is 4.15. The Labute approximate surface area is 186 Å². The van der Waals surface area contributed by atoms with Crippen molar-refractivity contribution < 1.29 is 17.8 Å². The first-order valence-corrected chi connectivity index (χ1v) is 11.7. The largest absolute Gasteiger partial charge is 0.351 e. The van der Waals surface area contributed by atoms with Gasteiger partial charge >= 0.3 is 0 Å². The third kappa shape index (κ3) is 4.98. The van der Waals surface area contributed by atoms with Gasteiger partial charge in [0.05, 0.1) is 9.37 Å². The second-order valence-electron chi connectivity index (χ2n) is 8.01. The van der Waals surface area contributed by atoms with Crippen LogP contribution in [0.2, 0.25) is 0 Å². The molecule has 1 aliphatic rings. The van der Waals surface area contributed by atoms with Gasteiger partial charge in [-0.25, -0.2) is 17.3 Å². The Morgan fingerprint density at radius 3 is 2.50 bits per heavy atom. The summed E-state index contributed by atoms with van der Waals surface area (Å²) in [6.45, 7) is 6.92. The van der Waals surface area contributed by atoms with Crippen molar-refractivity contribution in [1.82, 2.24) is 9.62 Å². The molecule has 8 heteroatoms. The first-order chi connectivity index (χ1) is 14.2. The van der Waals surface area contributed by atoms with Crippen LogP contribution in [0.15, 0.2) is 51.8 Å². The van der Waals surface area contributed by atoms with E-state index in [0.717, 1.165) is 5.56 Å². The second-order valence-corrected chi connectivity index (χ2v) is 10.3. The summed E-state index contributed by atoms with van der Waals surface area (Å²) in [4.78, 5) is 13.7. The topological polar surface area (TPSA) is 49.4 Å². The number of amides is 1. The molecule has 1 saturated heterocycles. The SMILES string of the molecule is CC(C)C1C(C(=O)NCc2ccc(F)c(Br)c2)N(S(=O)c2ccc(F)cc2)C[C@@H]1C. The van der Waals surface area contributed by atoms with Gasteiger partial charge in [0, 0.05) is 13.1 Å². The van der Waals surface area contributed by atoms with Crippen LogP contribution in [-0.2, 0) is 22.3 Å². The number of hydrogen-bond donors (Lipinski definition) is 1. The zero-order valence-electron chi connectivity index (χ0n) is 17.1. The van der Waals surface area contributed by atoms with Crippen LogP contribution in [0.4, 0.5) is 8.78 Å². The predicted octanol–water partition coefficient (Wildman–Crippen LogP) is 4.66. The van der Waals surface area contributed by atoms with Crippen LogP contribution < -0.4 is 5.32 Å². The van der Waals surface area contributed by atoms with Crippen molar-refractivity contribution in [2.24, 2.45) is 17.8 Å². The number of nitrogens with one attached hydrogen (secondary N) is 1. The number of halogens is 3. The van der Waals surface area contributed by atoms with Crippen molar-refractivity contribution in [3.05, 3.63) is 64.1 Å². The van der Waals surface area contributed by atoms with Crippen molar-refractivity contribution in [2.75, 3.05) is 6.54 Å². The van der Waals surface area contributed by atoms with Crippen LogP contribution in [0.5, 0.6) is 0 Å². The van der Waals surface area contributed by atoms with Gasteiger partial charge in [-0.1, -0.05) is 26.8 Å². The Balaban J connectivity index is 1.82. The highest BCUT2D eigenvalue weighted by molar-refractivity contribution is 9.10. The van der Waals surface area contributed by atoms with Gasteiger partial charge in [0.2, 0.25) is 5.91 Å². The highest BCUT2D eigenvalue weighted by Gasteiger charge is 2.47. The summed E-state index contributed by atoms with van der Waals surface area (Å²) in [5.41, 5.74) is 0.759. The molecule has 1 amide bonds. The van der Waals surface area contributed by atoms with Crippen LogP contribution >= 0.6 is 15.9 Å². The Kier molecular flexibility index (Phi) is 7.42. The molecule has 3 rings (SSSR count). The maximum Gasteiger partial charge on any atom is 0.238 e. The van der Waals surface area contributed by atoms with E-state index < -0.39 is 22.8 Å². The number of rotatable bonds is 6. The monoisotopic (exact) mass is 498 g/mol. The molecule has 1 aliphatic heterocycles. The summed E-state index contributed by atoms with van der Waals surface area (Å²) in [6, 6.07) is 9.54. The molecule has 0 aliphatic carbocycles. The first-order valence-electron chi connectivity index (χ1n) is 9.84. The highest BCUT2D eigenvalue weighted by atomic mass is 79.9. The predicted molar refractivity (Wildman–Crippen MR) is 117 cm³/mol. The van der Waals surface area contributed by atoms with Crippen molar-refractivity contribution in [2.45, 2.75) is 38.3 Å². The standard InChI is InChI=1S/C22H25BrF2N2O2S/c1-13(2)20-14(3)12-27(30(29)17-7-5-16(24)6-8-17)21(20)22(28)26-11-15-4-9-19(25)18(23)10-15/h4-10,13-14,20-21H,11-12H2,1-3H3,(H,26,28)/t14-,20?,21?,30?/m0/s1. The van der Waals surface area contributed by atoms with E-state index in [1.807, 2.05) is 0 Å². The van der Waals surface area contributed by atoms with E-state index in [0.29, 0.717) is 15.9 Å². The molecule has 1 fully saturated rings. The Morgan fingerprint density at radius 2 is 1.90 bits per heavy atom. The molecule has 162 valence electrons. The summed E-state index contributed by atoms with van der Waals surface area (Å²) in [5, 5.41) is 2.92. The number of benzene rings is 2. The van der Waals surface area contributed by atoms with Crippen molar-refractivity contribution in [3.63, 3.8) is 0 Å². The van der Waals surface area contributed by atoms with E-state index in [-0.39, 0.29) is 36.0 Å². The molecule has 0 saturated carbocycles. The normalized spacial score (nSPS) is 23.0. The van der Waals surface area contributed by atoms with Crippen molar-refractivity contribution in [3.8, 4) is 0 Å². The molecule has 1 heterocycles. The van der Waals surface area contributed by atoms with E-state index >= 15 is 0 Å². The number of nitrogens with zero attached hydrogens (tertiary/aromatic N) is 1. The zero-order chi connectivity index (χ0) is 22.0. The molecule has 3 unspecified atom stereocenters. The summed E-state index contributed by atoms with van der Waals surface area (Å²) in [7, 11) is -1.58. The zero-order valence-corrected chi connectivity index (χ0v) is 19.5. The number of carbonyl (C=O) groups is 1. The van der Waals surface area contributed by atoms with E-state index in [1.165, 1.54) is 30.3 Å². The lowest BCUT2D eigenvalue weighted by Gasteiger charge is -2.29. The molecular formula is C22H25BrF2N2O2S. The quantitative estimate of drug-likeness (QED) is 0.629. The number of carbonyl (C=O) groups excluding carboxylic acids is 1. The molecule has 30 heavy (non-hydrogen) atoms. The van der Waals surface area contributed by atoms with Gasteiger partial charge in [-0.2, -0.15) is 0 Å². The van der Waals surface area contributed by atoms with E-state index in [4.69, 9.17) is 0 Å². The minimum Gasteiger partial charge on any atom is -0.351 e. The smallest absolute Gasteiger partial charge is 0.238 e. The van der Waals surface area contributed by atoms with Gasteiger partial charge in [0.25, 0.3) is 0 Å². The average molecular weight is 499 g/mol. The molecule has 0 radical (unpaired) electrons. The fourth-order valence-corrected chi connectivity index (χ4v) is 6.03. The van der Waals surface area contributed by atoms with Gasteiger partial charge in [-0.3, -0.25) is 4.79 Å². The minimum absolute atomic E-state index is 0.0225. The number of hydrogen-bond acceptors (Lipinski definition) is 2. The maximum absolute atomic E-state index is 13.5. The lowest BCUT2D eigenvalue weighted by atomic mass is 9.82. The Morgan fingerprint density at radius 1 is 1.23 bits per heavy atom. The first kappa shape index (κ1) is 23.0. The van der Waals surface area contributed by atoms with Crippen molar-refractivity contribution in [1.29, 1.82) is 0 Å². The van der Waals surface area contributed by atoms with Crippen LogP contribution in [0.3, 0.4) is 0 Å². The Hall–Kier alpha value is -1.64.